The standard InChI is InChI=1S/C37H57N9O4/c1-26(2)24-32(35(49)44-31(16-9-10-20-42-37(39)40)36(50)46-22-11-19-41-21-23-46)45-34(48)30(18-17-27-12-5-3-6-13-27)43-33(47)29(38)25-28-14-7-4-8-15-28/h3-8,12-15,26,29-32,41H,9-11,16-25,38H2,1-2H3,(H,43,47)(H,44,49)(H,45,48)(H4,39,40,42)/t29-,30-,31-,32-/m1/s1. The molecule has 13 nitrogen and oxygen atoms in total. The normalized spacial score (nSPS) is 15.6. The molecule has 1 fully saturated rings. The van der Waals surface area contributed by atoms with Gasteiger partial charge < -0.3 is 43.4 Å². The Hall–Kier alpha value is -4.49. The lowest BCUT2D eigenvalue weighted by Gasteiger charge is -2.29. The molecule has 274 valence electrons. The van der Waals surface area contributed by atoms with E-state index in [1.807, 2.05) is 74.5 Å². The molecule has 1 saturated heterocycles. The maximum atomic E-state index is 13.9. The quantitative estimate of drug-likeness (QED) is 0.0639. The molecule has 13 heteroatoms. The third kappa shape index (κ3) is 14.6. The molecular weight excluding hydrogens is 634 g/mol. The number of rotatable bonds is 19. The molecule has 2 aromatic carbocycles. The van der Waals surface area contributed by atoms with Gasteiger partial charge in [-0.1, -0.05) is 74.5 Å². The van der Waals surface area contributed by atoms with Crippen LogP contribution in [0.4, 0.5) is 0 Å². The third-order valence-corrected chi connectivity index (χ3v) is 8.63. The van der Waals surface area contributed by atoms with Crippen molar-refractivity contribution in [1.82, 2.24) is 26.2 Å². The number of aryl methyl sites for hydroxylation is 1. The van der Waals surface area contributed by atoms with Gasteiger partial charge in [-0.05, 0) is 75.0 Å². The first-order chi connectivity index (χ1) is 24.0. The number of nitrogens with one attached hydrogen (secondary N) is 4. The number of hydrogen-bond donors (Lipinski definition) is 7. The molecule has 10 N–H and O–H groups in total. The van der Waals surface area contributed by atoms with Gasteiger partial charge in [-0.2, -0.15) is 0 Å². The number of nitrogens with zero attached hydrogens (tertiary/aromatic N) is 2. The molecule has 0 spiro atoms. The first-order valence-electron chi connectivity index (χ1n) is 17.8. The number of benzene rings is 2. The second-order valence-electron chi connectivity index (χ2n) is 13.4. The van der Waals surface area contributed by atoms with E-state index in [0.29, 0.717) is 71.1 Å². The molecule has 4 atom stereocenters. The van der Waals surface area contributed by atoms with Crippen LogP contribution in [0.2, 0.25) is 0 Å². The Morgan fingerprint density at radius 1 is 0.780 bits per heavy atom. The molecule has 0 aromatic heterocycles. The summed E-state index contributed by atoms with van der Waals surface area (Å²) in [5, 5.41) is 12.0. The highest BCUT2D eigenvalue weighted by molar-refractivity contribution is 5.94. The Labute approximate surface area is 296 Å². The van der Waals surface area contributed by atoms with Gasteiger partial charge in [0.15, 0.2) is 5.96 Å². The second kappa shape index (κ2) is 21.6. The van der Waals surface area contributed by atoms with Crippen LogP contribution < -0.4 is 38.5 Å². The molecule has 1 aliphatic rings. The van der Waals surface area contributed by atoms with Crippen molar-refractivity contribution in [3.8, 4) is 0 Å². The van der Waals surface area contributed by atoms with Gasteiger partial charge in [0.25, 0.3) is 0 Å². The maximum absolute atomic E-state index is 13.9. The molecule has 2 aromatic rings. The molecule has 0 unspecified atom stereocenters. The number of guanidine groups is 1. The molecule has 50 heavy (non-hydrogen) atoms. The molecule has 0 saturated carbocycles. The van der Waals surface area contributed by atoms with E-state index >= 15 is 0 Å². The largest absolute Gasteiger partial charge is 0.370 e. The zero-order chi connectivity index (χ0) is 36.3. The van der Waals surface area contributed by atoms with Gasteiger partial charge in [0.2, 0.25) is 23.6 Å². The molecule has 0 bridgehead atoms. The van der Waals surface area contributed by atoms with Crippen molar-refractivity contribution in [2.75, 3.05) is 32.7 Å². The van der Waals surface area contributed by atoms with Gasteiger partial charge in [-0.15, -0.1) is 0 Å². The first-order valence-corrected chi connectivity index (χ1v) is 17.8. The minimum atomic E-state index is -0.940. The van der Waals surface area contributed by atoms with Gasteiger partial charge in [0, 0.05) is 26.2 Å². The fraction of sp³-hybridized carbons (Fsp3) is 0.541. The minimum absolute atomic E-state index is 0.00621. The van der Waals surface area contributed by atoms with E-state index < -0.39 is 41.9 Å². The summed E-state index contributed by atoms with van der Waals surface area (Å²) in [5.74, 6) is -1.49. The average molecular weight is 692 g/mol. The SMILES string of the molecule is CC(C)C[C@@H](NC(=O)[C@@H](CCc1ccccc1)NC(=O)[C@H](N)Cc1ccccc1)C(=O)N[C@H](CCCCN=C(N)N)C(=O)N1CCCNCC1. The smallest absolute Gasteiger partial charge is 0.245 e. The van der Waals surface area contributed by atoms with Crippen molar-refractivity contribution in [1.29, 1.82) is 0 Å². The van der Waals surface area contributed by atoms with Gasteiger partial charge in [0.05, 0.1) is 6.04 Å². The Morgan fingerprint density at radius 2 is 1.40 bits per heavy atom. The minimum Gasteiger partial charge on any atom is -0.370 e. The molecule has 3 rings (SSSR count). The number of unbranched alkanes of at least 4 members (excludes halogenated alkanes) is 1. The predicted octanol–water partition coefficient (Wildman–Crippen LogP) is 0.955. The molecule has 4 amide bonds. The fourth-order valence-electron chi connectivity index (χ4n) is 5.92. The van der Waals surface area contributed by atoms with E-state index in [4.69, 9.17) is 17.2 Å². The maximum Gasteiger partial charge on any atom is 0.245 e. The summed E-state index contributed by atoms with van der Waals surface area (Å²) in [5.41, 5.74) is 19.1. The van der Waals surface area contributed by atoms with Crippen molar-refractivity contribution in [3.05, 3.63) is 71.8 Å². The molecule has 1 heterocycles. The van der Waals surface area contributed by atoms with Crippen LogP contribution in [0.15, 0.2) is 65.7 Å². The van der Waals surface area contributed by atoms with E-state index in [0.717, 1.165) is 24.1 Å². The van der Waals surface area contributed by atoms with Crippen LogP contribution in [0, 0.1) is 5.92 Å². The van der Waals surface area contributed by atoms with Gasteiger partial charge >= 0.3 is 0 Å². The molecular formula is C37H57N9O4. The van der Waals surface area contributed by atoms with E-state index in [1.165, 1.54) is 0 Å². The summed E-state index contributed by atoms with van der Waals surface area (Å²) >= 11 is 0. The molecule has 0 aliphatic carbocycles. The summed E-state index contributed by atoms with van der Waals surface area (Å²) in [6.45, 7) is 6.96. The number of carbonyl (C=O) groups excluding carboxylic acids is 4. The first kappa shape index (κ1) is 39.9. The third-order valence-electron chi connectivity index (χ3n) is 8.63. The van der Waals surface area contributed by atoms with Crippen molar-refractivity contribution < 1.29 is 19.2 Å². The number of hydrogen-bond acceptors (Lipinski definition) is 7. The van der Waals surface area contributed by atoms with Crippen LogP contribution >= 0.6 is 0 Å². The molecule has 0 radical (unpaired) electrons. The fourth-order valence-corrected chi connectivity index (χ4v) is 5.92. The highest BCUT2D eigenvalue weighted by atomic mass is 16.2. The topological polar surface area (TPSA) is 210 Å². The van der Waals surface area contributed by atoms with Gasteiger partial charge in [0.1, 0.15) is 18.1 Å². The molecule has 1 aliphatic heterocycles. The number of carbonyl (C=O) groups is 4. The highest BCUT2D eigenvalue weighted by Crippen LogP contribution is 2.13. The summed E-state index contributed by atoms with van der Waals surface area (Å²) in [4.78, 5) is 60.7. The summed E-state index contributed by atoms with van der Waals surface area (Å²) in [6.07, 6.45) is 3.93. The summed E-state index contributed by atoms with van der Waals surface area (Å²) in [6, 6.07) is 15.6. The van der Waals surface area contributed by atoms with Crippen molar-refractivity contribution >= 4 is 29.6 Å². The van der Waals surface area contributed by atoms with Crippen LogP contribution in [0.3, 0.4) is 0 Å². The van der Waals surface area contributed by atoms with E-state index in [1.54, 1.807) is 4.90 Å². The second-order valence-corrected chi connectivity index (χ2v) is 13.4. The van der Waals surface area contributed by atoms with E-state index in [9.17, 15) is 19.2 Å². The van der Waals surface area contributed by atoms with Crippen molar-refractivity contribution in [2.24, 2.45) is 28.1 Å². The van der Waals surface area contributed by atoms with Crippen LogP contribution in [-0.4, -0.2) is 91.4 Å². The monoisotopic (exact) mass is 691 g/mol. The lowest BCUT2D eigenvalue weighted by molar-refractivity contribution is -0.138. The predicted molar refractivity (Wildman–Crippen MR) is 197 cm³/mol. The Balaban J connectivity index is 1.76. The summed E-state index contributed by atoms with van der Waals surface area (Å²) in [7, 11) is 0. The Morgan fingerprint density at radius 3 is 2.06 bits per heavy atom. The highest BCUT2D eigenvalue weighted by Gasteiger charge is 2.32. The van der Waals surface area contributed by atoms with Gasteiger partial charge in [-0.25, -0.2) is 0 Å². The zero-order valence-corrected chi connectivity index (χ0v) is 29.6. The van der Waals surface area contributed by atoms with Crippen molar-refractivity contribution in [3.63, 3.8) is 0 Å². The number of aliphatic imine (C=N–C) groups is 1. The van der Waals surface area contributed by atoms with Crippen LogP contribution in [0.1, 0.15) is 63.5 Å². The van der Waals surface area contributed by atoms with Crippen LogP contribution in [0.5, 0.6) is 0 Å². The zero-order valence-electron chi connectivity index (χ0n) is 29.6. The lowest BCUT2D eigenvalue weighted by atomic mass is 9.99. The number of amides is 4. The van der Waals surface area contributed by atoms with Crippen LogP contribution in [-0.2, 0) is 32.0 Å². The number of nitrogens with two attached hydrogens (primary N) is 3. The lowest BCUT2D eigenvalue weighted by Crippen LogP contribution is -2.58. The summed E-state index contributed by atoms with van der Waals surface area (Å²) < 4.78 is 0. The Bertz CT molecular complexity index is 1360. The van der Waals surface area contributed by atoms with Gasteiger partial charge in [-0.3, -0.25) is 24.2 Å². The van der Waals surface area contributed by atoms with E-state index in [2.05, 4.69) is 26.3 Å². The average Bonchev–Trinajstić information content (AvgIpc) is 3.39. The Kier molecular flexibility index (Phi) is 17.2. The van der Waals surface area contributed by atoms with Crippen molar-refractivity contribution in [2.45, 2.75) is 89.4 Å². The van der Waals surface area contributed by atoms with Crippen LogP contribution in [0.25, 0.3) is 0 Å². The van der Waals surface area contributed by atoms with E-state index in [-0.39, 0.29) is 17.8 Å².